The van der Waals surface area contributed by atoms with Crippen molar-refractivity contribution in [2.45, 2.75) is 6.54 Å². The Kier molecular flexibility index (Phi) is 6.03. The van der Waals surface area contributed by atoms with Crippen LogP contribution in [0.1, 0.15) is 11.1 Å². The van der Waals surface area contributed by atoms with Crippen LogP contribution in [-0.2, 0) is 20.8 Å². The van der Waals surface area contributed by atoms with Gasteiger partial charge in [0, 0.05) is 36.3 Å². The third kappa shape index (κ3) is 4.43. The number of ether oxygens (including phenoxy) is 2. The van der Waals surface area contributed by atoms with E-state index in [4.69, 9.17) is 9.47 Å². The lowest BCUT2D eigenvalue weighted by Crippen LogP contribution is -2.11. The van der Waals surface area contributed by atoms with Crippen LogP contribution < -0.4 is 0 Å². The van der Waals surface area contributed by atoms with Gasteiger partial charge in [-0.25, -0.2) is 4.79 Å². The van der Waals surface area contributed by atoms with E-state index in [1.54, 1.807) is 6.08 Å². The Morgan fingerprint density at radius 1 is 1.11 bits per heavy atom. The highest BCUT2D eigenvalue weighted by molar-refractivity contribution is 6.01. The lowest BCUT2D eigenvalue weighted by atomic mass is 10.1. The molecule has 0 aliphatic heterocycles. The van der Waals surface area contributed by atoms with Crippen molar-refractivity contribution in [3.63, 3.8) is 0 Å². The fourth-order valence-electron chi connectivity index (χ4n) is 2.89. The van der Waals surface area contributed by atoms with E-state index in [9.17, 15) is 10.1 Å². The average molecular weight is 360 g/mol. The fraction of sp³-hybridized carbons (Fsp3) is 0.182. The number of nitrogens with zero attached hydrogens (tertiary/aromatic N) is 2. The molecule has 1 heterocycles. The minimum atomic E-state index is -0.644. The second kappa shape index (κ2) is 8.84. The first-order valence-corrected chi connectivity index (χ1v) is 8.62. The summed E-state index contributed by atoms with van der Waals surface area (Å²) in [7, 11) is 1.52. The van der Waals surface area contributed by atoms with Gasteiger partial charge in [0.2, 0.25) is 0 Å². The lowest BCUT2D eigenvalue weighted by Gasteiger charge is -2.05. The molecule has 0 saturated heterocycles. The number of nitriles is 1. The molecule has 1 aromatic heterocycles. The van der Waals surface area contributed by atoms with E-state index in [1.807, 2.05) is 54.7 Å². The third-order valence-corrected chi connectivity index (χ3v) is 4.18. The van der Waals surface area contributed by atoms with Gasteiger partial charge in [-0.05, 0) is 17.7 Å². The Bertz CT molecular complexity index is 997. The van der Waals surface area contributed by atoms with Crippen molar-refractivity contribution in [1.29, 1.82) is 5.26 Å². The zero-order valence-corrected chi connectivity index (χ0v) is 15.1. The summed E-state index contributed by atoms with van der Waals surface area (Å²) in [5.41, 5.74) is 2.99. The number of aromatic nitrogens is 1. The average Bonchev–Trinajstić information content (AvgIpc) is 3.04. The molecule has 3 aromatic rings. The van der Waals surface area contributed by atoms with Crippen LogP contribution in [0.2, 0.25) is 0 Å². The number of hydrogen-bond acceptors (Lipinski definition) is 4. The van der Waals surface area contributed by atoms with Crippen molar-refractivity contribution >= 4 is 22.9 Å². The molecule has 0 radical (unpaired) electrons. The summed E-state index contributed by atoms with van der Waals surface area (Å²) in [5.74, 6) is -0.644. The standard InChI is InChI=1S/C22H20N2O3/c1-26-11-12-27-22(25)18(14-23)13-19-16-24(15-17-7-3-2-4-8-17)21-10-6-5-9-20(19)21/h2-10,13,16H,11-12,15H2,1H3. The van der Waals surface area contributed by atoms with Gasteiger partial charge in [-0.1, -0.05) is 48.5 Å². The highest BCUT2D eigenvalue weighted by atomic mass is 16.6. The number of methoxy groups -OCH3 is 1. The third-order valence-electron chi connectivity index (χ3n) is 4.18. The molecular weight excluding hydrogens is 340 g/mol. The monoisotopic (exact) mass is 360 g/mol. The summed E-state index contributed by atoms with van der Waals surface area (Å²) in [6.45, 7) is 1.11. The summed E-state index contributed by atoms with van der Waals surface area (Å²) in [6.07, 6.45) is 3.54. The number of rotatable bonds is 7. The van der Waals surface area contributed by atoms with Crippen molar-refractivity contribution < 1.29 is 14.3 Å². The maximum atomic E-state index is 12.1. The molecule has 5 nitrogen and oxygen atoms in total. The first kappa shape index (κ1) is 18.4. The highest BCUT2D eigenvalue weighted by Crippen LogP contribution is 2.24. The molecule has 5 heteroatoms. The predicted molar refractivity (Wildman–Crippen MR) is 104 cm³/mol. The van der Waals surface area contributed by atoms with Crippen molar-refractivity contribution in [1.82, 2.24) is 4.57 Å². The number of para-hydroxylation sites is 1. The van der Waals surface area contributed by atoms with Crippen molar-refractivity contribution in [2.75, 3.05) is 20.3 Å². The summed E-state index contributed by atoms with van der Waals surface area (Å²) in [5, 5.41) is 10.3. The molecule has 136 valence electrons. The largest absolute Gasteiger partial charge is 0.459 e. The molecule has 0 spiro atoms. The van der Waals surface area contributed by atoms with Gasteiger partial charge in [-0.3, -0.25) is 0 Å². The fourth-order valence-corrected chi connectivity index (χ4v) is 2.89. The molecule has 3 rings (SSSR count). The van der Waals surface area contributed by atoms with Gasteiger partial charge in [-0.15, -0.1) is 0 Å². The van der Waals surface area contributed by atoms with Gasteiger partial charge >= 0.3 is 5.97 Å². The first-order valence-electron chi connectivity index (χ1n) is 8.62. The zero-order chi connectivity index (χ0) is 19.1. The number of esters is 1. The maximum absolute atomic E-state index is 12.1. The van der Waals surface area contributed by atoms with Gasteiger partial charge in [0.25, 0.3) is 0 Å². The van der Waals surface area contributed by atoms with E-state index >= 15 is 0 Å². The quantitative estimate of drug-likeness (QED) is 0.278. The predicted octanol–water partition coefficient (Wildman–Crippen LogP) is 3.79. The Hall–Kier alpha value is -3.36. The van der Waals surface area contributed by atoms with Crippen LogP contribution in [0.25, 0.3) is 17.0 Å². The maximum Gasteiger partial charge on any atom is 0.348 e. The van der Waals surface area contributed by atoms with Gasteiger partial charge in [0.05, 0.1) is 6.61 Å². The van der Waals surface area contributed by atoms with E-state index in [1.165, 1.54) is 12.7 Å². The van der Waals surface area contributed by atoms with Crippen LogP contribution in [0.3, 0.4) is 0 Å². The highest BCUT2D eigenvalue weighted by Gasteiger charge is 2.13. The summed E-state index contributed by atoms with van der Waals surface area (Å²) in [6, 6.07) is 20.0. The topological polar surface area (TPSA) is 64.2 Å². The van der Waals surface area contributed by atoms with E-state index in [-0.39, 0.29) is 12.2 Å². The van der Waals surface area contributed by atoms with Crippen LogP contribution in [0.5, 0.6) is 0 Å². The Morgan fingerprint density at radius 3 is 2.59 bits per heavy atom. The van der Waals surface area contributed by atoms with Crippen LogP contribution in [0, 0.1) is 11.3 Å². The molecule has 0 bridgehead atoms. The molecule has 0 saturated carbocycles. The SMILES string of the molecule is COCCOC(=O)C(C#N)=Cc1cn(Cc2ccccc2)c2ccccc12. The van der Waals surface area contributed by atoms with E-state index < -0.39 is 5.97 Å². The second-order valence-corrected chi connectivity index (χ2v) is 6.01. The number of carbonyl (C=O) groups is 1. The normalized spacial score (nSPS) is 11.3. The van der Waals surface area contributed by atoms with Gasteiger partial charge < -0.3 is 14.0 Å². The molecule has 0 amide bonds. The number of carbonyl (C=O) groups excluding carboxylic acids is 1. The molecule has 0 atom stereocenters. The summed E-state index contributed by atoms with van der Waals surface area (Å²) >= 11 is 0. The molecule has 0 N–H and O–H groups in total. The molecule has 0 aliphatic carbocycles. The Morgan fingerprint density at radius 2 is 1.85 bits per heavy atom. The second-order valence-electron chi connectivity index (χ2n) is 6.01. The van der Waals surface area contributed by atoms with E-state index in [0.29, 0.717) is 13.2 Å². The smallest absolute Gasteiger partial charge is 0.348 e. The van der Waals surface area contributed by atoms with E-state index in [2.05, 4.69) is 16.7 Å². The van der Waals surface area contributed by atoms with Crippen LogP contribution >= 0.6 is 0 Å². The summed E-state index contributed by atoms with van der Waals surface area (Å²) in [4.78, 5) is 12.1. The molecule has 27 heavy (non-hydrogen) atoms. The lowest BCUT2D eigenvalue weighted by molar-refractivity contribution is -0.139. The molecule has 0 aliphatic rings. The minimum Gasteiger partial charge on any atom is -0.459 e. The minimum absolute atomic E-state index is 0.0336. The van der Waals surface area contributed by atoms with Crippen molar-refractivity contribution in [3.05, 3.63) is 77.5 Å². The zero-order valence-electron chi connectivity index (χ0n) is 15.1. The molecule has 2 aromatic carbocycles. The Labute approximate surface area is 158 Å². The summed E-state index contributed by atoms with van der Waals surface area (Å²) < 4.78 is 12.0. The van der Waals surface area contributed by atoms with E-state index in [0.717, 1.165) is 16.5 Å². The van der Waals surface area contributed by atoms with Gasteiger partial charge in [0.15, 0.2) is 0 Å². The Balaban J connectivity index is 1.94. The first-order chi connectivity index (χ1) is 13.2. The molecule has 0 unspecified atom stereocenters. The van der Waals surface area contributed by atoms with Gasteiger partial charge in [0.1, 0.15) is 18.2 Å². The van der Waals surface area contributed by atoms with Crippen molar-refractivity contribution in [3.8, 4) is 6.07 Å². The number of hydrogen-bond donors (Lipinski definition) is 0. The van der Waals surface area contributed by atoms with Crippen LogP contribution in [0.4, 0.5) is 0 Å². The van der Waals surface area contributed by atoms with Crippen molar-refractivity contribution in [2.24, 2.45) is 0 Å². The van der Waals surface area contributed by atoms with Crippen LogP contribution in [-0.4, -0.2) is 30.9 Å². The van der Waals surface area contributed by atoms with Gasteiger partial charge in [-0.2, -0.15) is 5.26 Å². The number of fused-ring (bicyclic) bond motifs is 1. The molecular formula is C22H20N2O3. The number of benzene rings is 2. The van der Waals surface area contributed by atoms with Crippen LogP contribution in [0.15, 0.2) is 66.4 Å². The molecule has 0 fully saturated rings.